The zero-order chi connectivity index (χ0) is 14.1. The monoisotopic (exact) mass is 356 g/mol. The lowest BCUT2D eigenvalue weighted by molar-refractivity contribution is -0.118. The quantitative estimate of drug-likeness (QED) is 0.700. The van der Waals surface area contributed by atoms with Crippen molar-refractivity contribution in [3.05, 3.63) is 33.8 Å². The smallest absolute Gasteiger partial charge is 0.230 e. The highest BCUT2D eigenvalue weighted by molar-refractivity contribution is 7.99. The number of rotatable bonds is 8. The van der Waals surface area contributed by atoms with E-state index < -0.39 is 0 Å². The third kappa shape index (κ3) is 8.22. The summed E-state index contributed by atoms with van der Waals surface area (Å²) >= 11 is 13.4. The van der Waals surface area contributed by atoms with E-state index in [0.29, 0.717) is 34.6 Å². The van der Waals surface area contributed by atoms with Gasteiger partial charge in [-0.3, -0.25) is 4.79 Å². The summed E-state index contributed by atoms with van der Waals surface area (Å²) in [5.41, 5.74) is 6.37. The zero-order valence-corrected chi connectivity index (χ0v) is 14.2. The van der Waals surface area contributed by atoms with Crippen LogP contribution >= 0.6 is 47.4 Å². The molecule has 1 rings (SSSR count). The van der Waals surface area contributed by atoms with Crippen molar-refractivity contribution in [1.82, 2.24) is 5.32 Å². The number of thioether (sulfide) groups is 1. The molecule has 0 unspecified atom stereocenters. The minimum Gasteiger partial charge on any atom is -0.355 e. The van der Waals surface area contributed by atoms with E-state index in [4.69, 9.17) is 28.9 Å². The molecular weight excluding hydrogens is 339 g/mol. The van der Waals surface area contributed by atoms with Crippen LogP contribution in [0.4, 0.5) is 0 Å². The molecule has 7 heteroatoms. The van der Waals surface area contributed by atoms with Crippen molar-refractivity contribution >= 4 is 53.3 Å². The number of halogens is 3. The van der Waals surface area contributed by atoms with E-state index in [1.807, 2.05) is 6.07 Å². The minimum absolute atomic E-state index is 0. The molecule has 0 bridgehead atoms. The third-order valence-corrected chi connectivity index (χ3v) is 4.03. The number of hydrogen-bond donors (Lipinski definition) is 2. The van der Waals surface area contributed by atoms with Crippen LogP contribution in [0.25, 0.3) is 0 Å². The molecule has 0 aliphatic heterocycles. The second kappa shape index (κ2) is 11.5. The second-order valence-corrected chi connectivity index (χ2v) is 5.90. The van der Waals surface area contributed by atoms with Crippen LogP contribution in [-0.4, -0.2) is 24.7 Å². The van der Waals surface area contributed by atoms with Gasteiger partial charge in [-0.15, -0.1) is 24.2 Å². The third-order valence-electron chi connectivity index (χ3n) is 2.46. The maximum Gasteiger partial charge on any atom is 0.230 e. The average Bonchev–Trinajstić information content (AvgIpc) is 2.37. The highest BCUT2D eigenvalue weighted by atomic mass is 35.5. The highest BCUT2D eigenvalue weighted by Crippen LogP contribution is 2.24. The lowest BCUT2D eigenvalue weighted by Crippen LogP contribution is -2.26. The number of amides is 1. The molecule has 0 radical (unpaired) electrons. The molecule has 114 valence electrons. The van der Waals surface area contributed by atoms with Gasteiger partial charge in [0.1, 0.15) is 0 Å². The minimum atomic E-state index is 0. The first-order chi connectivity index (χ1) is 9.13. The maximum absolute atomic E-state index is 11.5. The molecule has 0 aliphatic carbocycles. The molecule has 0 aliphatic rings. The van der Waals surface area contributed by atoms with Crippen molar-refractivity contribution in [3.63, 3.8) is 0 Å². The van der Waals surface area contributed by atoms with E-state index in [9.17, 15) is 4.79 Å². The van der Waals surface area contributed by atoms with Crippen LogP contribution in [0.3, 0.4) is 0 Å². The summed E-state index contributed by atoms with van der Waals surface area (Å²) in [5.74, 6) is 1.18. The van der Waals surface area contributed by atoms with Crippen molar-refractivity contribution in [1.29, 1.82) is 0 Å². The van der Waals surface area contributed by atoms with Gasteiger partial charge in [0.2, 0.25) is 5.91 Å². The average molecular weight is 358 g/mol. The van der Waals surface area contributed by atoms with Gasteiger partial charge < -0.3 is 11.1 Å². The molecule has 1 amide bonds. The Labute approximate surface area is 140 Å². The van der Waals surface area contributed by atoms with E-state index >= 15 is 0 Å². The number of carbonyl (C=O) groups excluding carboxylic acids is 1. The van der Waals surface area contributed by atoms with Crippen LogP contribution in [0.1, 0.15) is 18.4 Å². The number of carbonyl (C=O) groups is 1. The normalized spacial score (nSPS) is 9.95. The van der Waals surface area contributed by atoms with Crippen molar-refractivity contribution < 1.29 is 4.79 Å². The van der Waals surface area contributed by atoms with Gasteiger partial charge in [0.05, 0.1) is 5.75 Å². The Morgan fingerprint density at radius 2 is 2.05 bits per heavy atom. The van der Waals surface area contributed by atoms with E-state index in [2.05, 4.69) is 5.32 Å². The molecular formula is C13H19Cl3N2OS. The van der Waals surface area contributed by atoms with Gasteiger partial charge in [-0.1, -0.05) is 29.3 Å². The van der Waals surface area contributed by atoms with Crippen molar-refractivity contribution in [2.24, 2.45) is 5.73 Å². The van der Waals surface area contributed by atoms with Crippen LogP contribution in [0, 0.1) is 0 Å². The first-order valence-electron chi connectivity index (χ1n) is 6.12. The predicted octanol–water partition coefficient (Wildman–Crippen LogP) is 3.50. The summed E-state index contributed by atoms with van der Waals surface area (Å²) in [6.45, 7) is 1.36. The summed E-state index contributed by atoms with van der Waals surface area (Å²) in [6, 6.07) is 5.40. The molecule has 0 fully saturated rings. The van der Waals surface area contributed by atoms with Gasteiger partial charge in [0, 0.05) is 22.3 Å². The van der Waals surface area contributed by atoms with Gasteiger partial charge in [-0.2, -0.15) is 0 Å². The molecule has 1 aromatic rings. The Kier molecular flexibility index (Phi) is 11.4. The van der Waals surface area contributed by atoms with Crippen molar-refractivity contribution in [2.75, 3.05) is 18.8 Å². The van der Waals surface area contributed by atoms with Crippen molar-refractivity contribution in [2.45, 2.75) is 18.6 Å². The number of unbranched alkanes of at least 4 members (excludes halogenated alkanes) is 1. The van der Waals surface area contributed by atoms with Gasteiger partial charge in [-0.25, -0.2) is 0 Å². The fraction of sp³-hybridized carbons (Fsp3) is 0.462. The topological polar surface area (TPSA) is 55.1 Å². The van der Waals surface area contributed by atoms with Crippen molar-refractivity contribution in [3.8, 4) is 0 Å². The zero-order valence-electron chi connectivity index (χ0n) is 11.0. The number of benzene rings is 1. The van der Waals surface area contributed by atoms with Crippen LogP contribution in [0.5, 0.6) is 0 Å². The Morgan fingerprint density at radius 3 is 2.70 bits per heavy atom. The molecule has 3 N–H and O–H groups in total. The standard InChI is InChI=1S/C13H18Cl2N2OS.ClH/c14-11-4-3-10(12(15)7-11)8-19-9-13(18)17-6-2-1-5-16;/h3-4,7H,1-2,5-6,8-9,16H2,(H,17,18);1H. The molecule has 1 aromatic carbocycles. The van der Waals surface area contributed by atoms with Crippen LogP contribution in [0.2, 0.25) is 10.0 Å². The fourth-order valence-electron chi connectivity index (χ4n) is 1.44. The largest absolute Gasteiger partial charge is 0.355 e. The number of nitrogens with one attached hydrogen (secondary N) is 1. The van der Waals surface area contributed by atoms with E-state index in [1.54, 1.807) is 12.1 Å². The lowest BCUT2D eigenvalue weighted by atomic mass is 10.2. The second-order valence-electron chi connectivity index (χ2n) is 4.07. The molecule has 0 saturated carbocycles. The molecule has 0 saturated heterocycles. The highest BCUT2D eigenvalue weighted by Gasteiger charge is 2.04. The van der Waals surface area contributed by atoms with E-state index in [-0.39, 0.29) is 18.3 Å². The summed E-state index contributed by atoms with van der Waals surface area (Å²) in [4.78, 5) is 11.5. The molecule has 0 heterocycles. The number of nitrogens with two attached hydrogens (primary N) is 1. The Bertz CT molecular complexity index is 419. The SMILES string of the molecule is Cl.NCCCCNC(=O)CSCc1ccc(Cl)cc1Cl. The number of hydrogen-bond acceptors (Lipinski definition) is 3. The van der Waals surface area contributed by atoms with E-state index in [1.165, 1.54) is 11.8 Å². The maximum atomic E-state index is 11.5. The first kappa shape index (κ1) is 19.9. The van der Waals surface area contributed by atoms with Crippen LogP contribution in [-0.2, 0) is 10.5 Å². The molecule has 3 nitrogen and oxygen atoms in total. The Balaban J connectivity index is 0.00000361. The summed E-state index contributed by atoms with van der Waals surface area (Å²) in [7, 11) is 0. The van der Waals surface area contributed by atoms with Gasteiger partial charge in [-0.05, 0) is 37.1 Å². The van der Waals surface area contributed by atoms with Gasteiger partial charge >= 0.3 is 0 Å². The summed E-state index contributed by atoms with van der Waals surface area (Å²) in [5, 5.41) is 4.12. The molecule has 0 spiro atoms. The van der Waals surface area contributed by atoms with Gasteiger partial charge in [0.25, 0.3) is 0 Å². The molecule has 20 heavy (non-hydrogen) atoms. The van der Waals surface area contributed by atoms with Crippen LogP contribution in [0.15, 0.2) is 18.2 Å². The van der Waals surface area contributed by atoms with E-state index in [0.717, 1.165) is 18.4 Å². The Morgan fingerprint density at radius 1 is 1.30 bits per heavy atom. The molecule has 0 atom stereocenters. The van der Waals surface area contributed by atoms with Crippen LogP contribution < -0.4 is 11.1 Å². The summed E-state index contributed by atoms with van der Waals surface area (Å²) in [6.07, 6.45) is 1.86. The first-order valence-corrected chi connectivity index (χ1v) is 8.03. The Hall–Kier alpha value is -0.130. The molecule has 0 aromatic heterocycles. The predicted molar refractivity (Wildman–Crippen MR) is 91.2 cm³/mol. The lowest BCUT2D eigenvalue weighted by Gasteiger charge is -2.06. The van der Waals surface area contributed by atoms with Gasteiger partial charge in [0.15, 0.2) is 0 Å². The fourth-order valence-corrected chi connectivity index (χ4v) is 2.86. The summed E-state index contributed by atoms with van der Waals surface area (Å²) < 4.78 is 0.